The molecule has 0 aliphatic carbocycles. The van der Waals surface area contributed by atoms with Gasteiger partial charge in [0.2, 0.25) is 5.91 Å². The number of nitrogens with zero attached hydrogens (tertiary/aromatic N) is 1. The number of amides is 3. The number of hydrogen-bond donors (Lipinski definition) is 1. The fourth-order valence-corrected chi connectivity index (χ4v) is 2.72. The van der Waals surface area contributed by atoms with Crippen molar-refractivity contribution in [3.8, 4) is 0 Å². The molecule has 7 nitrogen and oxygen atoms in total. The van der Waals surface area contributed by atoms with E-state index >= 15 is 0 Å². The molecule has 0 spiro atoms. The number of methoxy groups -OCH3 is 1. The van der Waals surface area contributed by atoms with Crippen LogP contribution < -0.4 is 5.32 Å². The van der Waals surface area contributed by atoms with Gasteiger partial charge in [0.1, 0.15) is 0 Å². The van der Waals surface area contributed by atoms with Crippen LogP contribution >= 0.6 is 0 Å². The summed E-state index contributed by atoms with van der Waals surface area (Å²) in [5.41, 5.74) is 1.44. The number of carbonyl (C=O) groups is 4. The highest BCUT2D eigenvalue weighted by Gasteiger charge is 2.34. The van der Waals surface area contributed by atoms with E-state index in [2.05, 4.69) is 10.1 Å². The van der Waals surface area contributed by atoms with Crippen molar-refractivity contribution in [3.05, 3.63) is 65.2 Å². The van der Waals surface area contributed by atoms with Crippen LogP contribution in [0.5, 0.6) is 0 Å². The molecule has 26 heavy (non-hydrogen) atoms. The van der Waals surface area contributed by atoms with E-state index in [1.807, 2.05) is 0 Å². The van der Waals surface area contributed by atoms with Gasteiger partial charge in [0.25, 0.3) is 11.8 Å². The Morgan fingerprint density at radius 2 is 1.65 bits per heavy atom. The van der Waals surface area contributed by atoms with Crippen molar-refractivity contribution in [1.82, 2.24) is 4.90 Å². The highest BCUT2D eigenvalue weighted by molar-refractivity contribution is 6.21. The van der Waals surface area contributed by atoms with Crippen LogP contribution in [0.1, 0.15) is 37.5 Å². The molecule has 0 aromatic heterocycles. The van der Waals surface area contributed by atoms with Gasteiger partial charge >= 0.3 is 5.97 Å². The second-order valence-electron chi connectivity index (χ2n) is 5.68. The lowest BCUT2D eigenvalue weighted by Gasteiger charge is -2.13. The summed E-state index contributed by atoms with van der Waals surface area (Å²) in [7, 11) is 1.27. The lowest BCUT2D eigenvalue weighted by molar-refractivity contribution is -0.116. The lowest BCUT2D eigenvalue weighted by Crippen LogP contribution is -2.32. The number of anilines is 1. The maximum atomic E-state index is 12.3. The smallest absolute Gasteiger partial charge is 0.337 e. The first-order valence-corrected chi connectivity index (χ1v) is 7.94. The van der Waals surface area contributed by atoms with Gasteiger partial charge in [-0.25, -0.2) is 4.79 Å². The summed E-state index contributed by atoms with van der Waals surface area (Å²) in [6, 6.07) is 12.9. The van der Waals surface area contributed by atoms with E-state index in [0.717, 1.165) is 4.90 Å². The fourth-order valence-electron chi connectivity index (χ4n) is 2.72. The van der Waals surface area contributed by atoms with Gasteiger partial charge in [0.15, 0.2) is 0 Å². The highest BCUT2D eigenvalue weighted by atomic mass is 16.5. The first-order chi connectivity index (χ1) is 12.5. The zero-order valence-electron chi connectivity index (χ0n) is 14.0. The number of esters is 1. The van der Waals surface area contributed by atoms with Crippen LogP contribution in [0.4, 0.5) is 5.69 Å². The molecule has 0 bridgehead atoms. The third-order valence-corrected chi connectivity index (χ3v) is 4.01. The van der Waals surface area contributed by atoms with Gasteiger partial charge in [0, 0.05) is 18.7 Å². The summed E-state index contributed by atoms with van der Waals surface area (Å²) < 4.78 is 4.63. The minimum Gasteiger partial charge on any atom is -0.465 e. The monoisotopic (exact) mass is 352 g/mol. The zero-order valence-corrected chi connectivity index (χ0v) is 14.0. The summed E-state index contributed by atoms with van der Waals surface area (Å²) in [5, 5.41) is 2.64. The standard InChI is InChI=1S/C19H16N2O5/c1-26-19(25)12-5-4-6-13(11-12)20-16(22)9-10-21-17(23)14-7-2-3-8-15(14)18(21)24/h2-8,11H,9-10H2,1H3,(H,20,22). The first kappa shape index (κ1) is 17.3. The van der Waals surface area contributed by atoms with Crippen LogP contribution in [0, 0.1) is 0 Å². The largest absolute Gasteiger partial charge is 0.465 e. The summed E-state index contributed by atoms with van der Waals surface area (Å²) in [6.45, 7) is -0.0190. The van der Waals surface area contributed by atoms with Gasteiger partial charge in [-0.05, 0) is 30.3 Å². The molecule has 3 rings (SSSR count). The second-order valence-corrected chi connectivity index (χ2v) is 5.68. The second kappa shape index (κ2) is 7.18. The van der Waals surface area contributed by atoms with Crippen LogP contribution in [0.15, 0.2) is 48.5 Å². The molecular weight excluding hydrogens is 336 g/mol. The van der Waals surface area contributed by atoms with E-state index in [4.69, 9.17) is 0 Å². The van der Waals surface area contributed by atoms with Crippen molar-refractivity contribution in [2.45, 2.75) is 6.42 Å². The normalized spacial score (nSPS) is 12.7. The Bertz CT molecular complexity index is 871. The maximum Gasteiger partial charge on any atom is 0.337 e. The van der Waals surface area contributed by atoms with Crippen molar-refractivity contribution in [1.29, 1.82) is 0 Å². The molecule has 0 fully saturated rings. The molecule has 0 radical (unpaired) electrons. The van der Waals surface area contributed by atoms with Crippen LogP contribution in [0.25, 0.3) is 0 Å². The molecule has 1 aliphatic heterocycles. The maximum absolute atomic E-state index is 12.3. The third-order valence-electron chi connectivity index (χ3n) is 4.01. The first-order valence-electron chi connectivity index (χ1n) is 7.94. The van der Waals surface area contributed by atoms with E-state index in [9.17, 15) is 19.2 Å². The van der Waals surface area contributed by atoms with Crippen LogP contribution in [0.2, 0.25) is 0 Å². The van der Waals surface area contributed by atoms with E-state index < -0.39 is 17.8 Å². The zero-order chi connectivity index (χ0) is 18.7. The Morgan fingerprint density at radius 3 is 2.27 bits per heavy atom. The number of nitrogens with one attached hydrogen (secondary N) is 1. The van der Waals surface area contributed by atoms with E-state index in [1.165, 1.54) is 13.2 Å². The average Bonchev–Trinajstić information content (AvgIpc) is 2.90. The molecule has 2 aromatic rings. The van der Waals surface area contributed by atoms with Crippen molar-refractivity contribution in [3.63, 3.8) is 0 Å². The molecule has 1 heterocycles. The number of imide groups is 1. The fraction of sp³-hybridized carbons (Fsp3) is 0.158. The predicted molar refractivity (Wildman–Crippen MR) is 92.8 cm³/mol. The van der Waals surface area contributed by atoms with Gasteiger partial charge in [-0.3, -0.25) is 19.3 Å². The summed E-state index contributed by atoms with van der Waals surface area (Å²) in [5.74, 6) is -1.67. The minimum absolute atomic E-state index is 0.0190. The third kappa shape index (κ3) is 3.32. The SMILES string of the molecule is COC(=O)c1cccc(NC(=O)CCN2C(=O)c3ccccc3C2=O)c1. The minimum atomic E-state index is -0.507. The molecular formula is C19H16N2O5. The number of carbonyl (C=O) groups excluding carboxylic acids is 4. The van der Waals surface area contributed by atoms with Crippen LogP contribution in [-0.4, -0.2) is 42.2 Å². The number of ether oxygens (including phenoxy) is 1. The Hall–Kier alpha value is -3.48. The lowest BCUT2D eigenvalue weighted by atomic mass is 10.1. The summed E-state index contributed by atoms with van der Waals surface area (Å²) in [6.07, 6.45) is -0.0477. The number of benzene rings is 2. The topological polar surface area (TPSA) is 92.8 Å². The molecule has 0 saturated carbocycles. The van der Waals surface area contributed by atoms with E-state index in [1.54, 1.807) is 42.5 Å². The Labute approximate surface area is 149 Å². The van der Waals surface area contributed by atoms with Gasteiger partial charge in [-0.1, -0.05) is 18.2 Å². The summed E-state index contributed by atoms with van der Waals surface area (Å²) in [4.78, 5) is 49.2. The van der Waals surface area contributed by atoms with Crippen LogP contribution in [0.3, 0.4) is 0 Å². The number of hydrogen-bond acceptors (Lipinski definition) is 5. The number of fused-ring (bicyclic) bond motifs is 1. The predicted octanol–water partition coefficient (Wildman–Crippen LogP) is 2.10. The van der Waals surface area contributed by atoms with E-state index in [0.29, 0.717) is 22.4 Å². The van der Waals surface area contributed by atoms with Crippen LogP contribution in [-0.2, 0) is 9.53 Å². The Morgan fingerprint density at radius 1 is 1.00 bits per heavy atom. The molecule has 3 amide bonds. The Balaban J connectivity index is 1.61. The van der Waals surface area contributed by atoms with E-state index in [-0.39, 0.29) is 18.9 Å². The quantitative estimate of drug-likeness (QED) is 0.657. The molecule has 2 aromatic carbocycles. The molecule has 132 valence electrons. The molecule has 1 N–H and O–H groups in total. The van der Waals surface area contributed by atoms with Crippen molar-refractivity contribution >= 4 is 29.4 Å². The van der Waals surface area contributed by atoms with Gasteiger partial charge in [0.05, 0.1) is 23.8 Å². The Kier molecular flexibility index (Phi) is 4.79. The molecule has 1 aliphatic rings. The number of rotatable bonds is 5. The van der Waals surface area contributed by atoms with Gasteiger partial charge < -0.3 is 10.1 Å². The van der Waals surface area contributed by atoms with Crippen molar-refractivity contribution in [2.75, 3.05) is 19.0 Å². The van der Waals surface area contributed by atoms with Gasteiger partial charge in [-0.2, -0.15) is 0 Å². The average molecular weight is 352 g/mol. The van der Waals surface area contributed by atoms with Crippen molar-refractivity contribution < 1.29 is 23.9 Å². The van der Waals surface area contributed by atoms with Crippen molar-refractivity contribution in [2.24, 2.45) is 0 Å². The molecule has 0 unspecified atom stereocenters. The summed E-state index contributed by atoms with van der Waals surface area (Å²) >= 11 is 0. The molecule has 0 atom stereocenters. The van der Waals surface area contributed by atoms with Gasteiger partial charge in [-0.15, -0.1) is 0 Å². The highest BCUT2D eigenvalue weighted by Crippen LogP contribution is 2.22. The molecule has 7 heteroatoms. The molecule has 0 saturated heterocycles.